The first-order valence-electron chi connectivity index (χ1n) is 4.13. The van der Waals surface area contributed by atoms with Crippen LogP contribution in [-0.2, 0) is 15.2 Å². The molecule has 0 aliphatic carbocycles. The maximum Gasteiger partial charge on any atom is 0.193 e. The van der Waals surface area contributed by atoms with Gasteiger partial charge >= 0.3 is 0 Å². The van der Waals surface area contributed by atoms with E-state index in [-0.39, 0.29) is 6.29 Å². The highest BCUT2D eigenvalue weighted by Gasteiger charge is 2.06. The lowest BCUT2D eigenvalue weighted by Crippen LogP contribution is -2.15. The van der Waals surface area contributed by atoms with Gasteiger partial charge in [0.15, 0.2) is 11.5 Å². The second kappa shape index (κ2) is 6.35. The van der Waals surface area contributed by atoms with Gasteiger partial charge in [-0.05, 0) is 23.7 Å². The van der Waals surface area contributed by atoms with E-state index in [0.29, 0.717) is 5.22 Å². The van der Waals surface area contributed by atoms with E-state index in [0.717, 1.165) is 17.3 Å². The summed E-state index contributed by atoms with van der Waals surface area (Å²) in [5.74, 6) is 2.41. The molecule has 3 nitrogen and oxygen atoms in total. The Labute approximate surface area is 92.7 Å². The lowest BCUT2D eigenvalue weighted by atomic mass is 10.5. The first-order valence-corrected chi connectivity index (χ1v) is 5.67. The maximum atomic E-state index is 5.63. The van der Waals surface area contributed by atoms with Gasteiger partial charge in [-0.15, -0.1) is 11.8 Å². The Bertz CT molecular complexity index is 260. The zero-order valence-corrected chi connectivity index (χ0v) is 9.73. The quantitative estimate of drug-likeness (QED) is 0.711. The number of hydrogen-bond acceptors (Lipinski definition) is 4. The van der Waals surface area contributed by atoms with Gasteiger partial charge in [0, 0.05) is 20.0 Å². The number of halogens is 1. The van der Waals surface area contributed by atoms with E-state index >= 15 is 0 Å². The molecule has 0 fully saturated rings. The summed E-state index contributed by atoms with van der Waals surface area (Å²) in [6.07, 6.45) is -0.162. The summed E-state index contributed by atoms with van der Waals surface area (Å²) in [5, 5.41) is 0.427. The Morgan fingerprint density at radius 3 is 2.64 bits per heavy atom. The smallest absolute Gasteiger partial charge is 0.193 e. The highest BCUT2D eigenvalue weighted by molar-refractivity contribution is 7.98. The Hall–Kier alpha value is -0.160. The number of thioether (sulfide) groups is 1. The van der Waals surface area contributed by atoms with Crippen LogP contribution in [0.25, 0.3) is 0 Å². The normalized spacial score (nSPS) is 11.1. The van der Waals surface area contributed by atoms with Gasteiger partial charge in [0.25, 0.3) is 0 Å². The largest absolute Gasteiger partial charge is 0.449 e. The number of furan rings is 1. The predicted octanol–water partition coefficient (Wildman–Crippen LogP) is 2.79. The molecule has 0 bridgehead atoms. The van der Waals surface area contributed by atoms with Crippen molar-refractivity contribution in [2.75, 3.05) is 20.0 Å². The predicted molar refractivity (Wildman–Crippen MR) is 57.7 cm³/mol. The molecule has 0 N–H and O–H groups in total. The highest BCUT2D eigenvalue weighted by atomic mass is 35.5. The molecule has 0 aliphatic rings. The van der Waals surface area contributed by atoms with Crippen LogP contribution in [0.2, 0.25) is 5.22 Å². The van der Waals surface area contributed by atoms with E-state index in [1.165, 1.54) is 0 Å². The van der Waals surface area contributed by atoms with Crippen LogP contribution in [0.15, 0.2) is 16.5 Å². The lowest BCUT2D eigenvalue weighted by molar-refractivity contribution is -0.0842. The number of hydrogen-bond donors (Lipinski definition) is 0. The molecule has 80 valence electrons. The molecule has 1 rings (SSSR count). The second-order valence-corrected chi connectivity index (χ2v) is 4.02. The van der Waals surface area contributed by atoms with Gasteiger partial charge in [-0.2, -0.15) is 0 Å². The van der Waals surface area contributed by atoms with E-state index in [1.54, 1.807) is 32.0 Å². The summed E-state index contributed by atoms with van der Waals surface area (Å²) in [4.78, 5) is 0. The van der Waals surface area contributed by atoms with Crippen LogP contribution in [0.1, 0.15) is 5.76 Å². The third-order valence-corrected chi connectivity index (χ3v) is 2.85. The van der Waals surface area contributed by atoms with Crippen LogP contribution in [0.3, 0.4) is 0 Å². The van der Waals surface area contributed by atoms with E-state index in [2.05, 4.69) is 0 Å². The molecule has 1 aromatic heterocycles. The van der Waals surface area contributed by atoms with Crippen LogP contribution < -0.4 is 0 Å². The first kappa shape index (κ1) is 11.9. The lowest BCUT2D eigenvalue weighted by Gasteiger charge is -2.11. The van der Waals surface area contributed by atoms with Crippen molar-refractivity contribution in [1.29, 1.82) is 0 Å². The molecule has 0 atom stereocenters. The van der Waals surface area contributed by atoms with Gasteiger partial charge in [0.2, 0.25) is 0 Å². The van der Waals surface area contributed by atoms with Crippen molar-refractivity contribution in [2.45, 2.75) is 12.0 Å². The first-order chi connectivity index (χ1) is 6.76. The standard InChI is InChI=1S/C9H13ClO3S/c1-11-9(12-2)6-14-5-7-3-4-8(10)13-7/h3-4,9H,5-6H2,1-2H3. The number of methoxy groups -OCH3 is 2. The van der Waals surface area contributed by atoms with Gasteiger partial charge in [-0.25, -0.2) is 0 Å². The molecule has 0 unspecified atom stereocenters. The molecule has 5 heteroatoms. The zero-order valence-electron chi connectivity index (χ0n) is 8.16. The van der Waals surface area contributed by atoms with Crippen LogP contribution >= 0.6 is 23.4 Å². The number of rotatable bonds is 6. The Kier molecular flexibility index (Phi) is 5.40. The molecule has 0 spiro atoms. The van der Waals surface area contributed by atoms with Crippen molar-refractivity contribution >= 4 is 23.4 Å². The molecule has 14 heavy (non-hydrogen) atoms. The second-order valence-electron chi connectivity index (χ2n) is 2.62. The molecule has 0 aliphatic heterocycles. The van der Waals surface area contributed by atoms with Crippen LogP contribution in [0.4, 0.5) is 0 Å². The molecule has 0 amide bonds. The third kappa shape index (κ3) is 3.92. The van der Waals surface area contributed by atoms with E-state index in [1.807, 2.05) is 6.07 Å². The molecule has 1 aromatic rings. The molecule has 1 heterocycles. The minimum atomic E-state index is -0.162. The monoisotopic (exact) mass is 236 g/mol. The molecular weight excluding hydrogens is 224 g/mol. The summed E-state index contributed by atoms with van der Waals surface area (Å²) in [7, 11) is 3.25. The fraction of sp³-hybridized carbons (Fsp3) is 0.556. The Morgan fingerprint density at radius 2 is 2.14 bits per heavy atom. The van der Waals surface area contributed by atoms with Crippen molar-refractivity contribution in [3.8, 4) is 0 Å². The topological polar surface area (TPSA) is 31.6 Å². The zero-order chi connectivity index (χ0) is 10.4. The van der Waals surface area contributed by atoms with Crippen LogP contribution in [-0.4, -0.2) is 26.3 Å². The highest BCUT2D eigenvalue weighted by Crippen LogP contribution is 2.19. The Balaban J connectivity index is 2.21. The summed E-state index contributed by atoms with van der Waals surface area (Å²) >= 11 is 7.31. The fourth-order valence-corrected chi connectivity index (χ4v) is 2.02. The van der Waals surface area contributed by atoms with Gasteiger partial charge in [0.1, 0.15) is 5.76 Å². The summed E-state index contributed by atoms with van der Waals surface area (Å²) in [5.41, 5.74) is 0. The molecule has 0 saturated heterocycles. The molecule has 0 saturated carbocycles. The summed E-state index contributed by atoms with van der Waals surface area (Å²) in [6, 6.07) is 3.60. The summed E-state index contributed by atoms with van der Waals surface area (Å²) in [6.45, 7) is 0. The van der Waals surface area contributed by atoms with Crippen molar-refractivity contribution < 1.29 is 13.9 Å². The van der Waals surface area contributed by atoms with Crippen molar-refractivity contribution in [1.82, 2.24) is 0 Å². The molecular formula is C9H13ClO3S. The average molecular weight is 237 g/mol. The van der Waals surface area contributed by atoms with Crippen LogP contribution in [0, 0.1) is 0 Å². The van der Waals surface area contributed by atoms with Gasteiger partial charge < -0.3 is 13.9 Å². The fourth-order valence-electron chi connectivity index (χ4n) is 0.917. The van der Waals surface area contributed by atoms with Gasteiger partial charge in [0.05, 0.1) is 5.75 Å². The van der Waals surface area contributed by atoms with E-state index in [4.69, 9.17) is 25.5 Å². The van der Waals surface area contributed by atoms with Crippen molar-refractivity contribution in [2.24, 2.45) is 0 Å². The van der Waals surface area contributed by atoms with E-state index in [9.17, 15) is 0 Å². The van der Waals surface area contributed by atoms with Crippen LogP contribution in [0.5, 0.6) is 0 Å². The molecule has 0 aromatic carbocycles. The maximum absolute atomic E-state index is 5.63. The number of ether oxygens (including phenoxy) is 2. The van der Waals surface area contributed by atoms with E-state index < -0.39 is 0 Å². The van der Waals surface area contributed by atoms with Crippen molar-refractivity contribution in [3.63, 3.8) is 0 Å². The van der Waals surface area contributed by atoms with Gasteiger partial charge in [-0.3, -0.25) is 0 Å². The SMILES string of the molecule is COC(CSCc1ccc(Cl)o1)OC. The third-order valence-electron chi connectivity index (χ3n) is 1.65. The summed E-state index contributed by atoms with van der Waals surface area (Å²) < 4.78 is 15.3. The minimum absolute atomic E-state index is 0.162. The minimum Gasteiger partial charge on any atom is -0.449 e. The molecule has 0 radical (unpaired) electrons. The van der Waals surface area contributed by atoms with Gasteiger partial charge in [-0.1, -0.05) is 0 Å². The van der Waals surface area contributed by atoms with Crippen molar-refractivity contribution in [3.05, 3.63) is 23.1 Å². The Morgan fingerprint density at radius 1 is 1.43 bits per heavy atom. The average Bonchev–Trinajstić information content (AvgIpc) is 2.59.